The van der Waals surface area contributed by atoms with Crippen molar-refractivity contribution < 1.29 is 4.79 Å². The summed E-state index contributed by atoms with van der Waals surface area (Å²) in [4.78, 5) is 14.5. The number of benzene rings is 2. The molecule has 2 aromatic rings. The van der Waals surface area contributed by atoms with Gasteiger partial charge in [0.15, 0.2) is 0 Å². The first-order chi connectivity index (χ1) is 12.6. The van der Waals surface area contributed by atoms with E-state index in [0.29, 0.717) is 13.0 Å². The minimum atomic E-state index is 0.0777. The van der Waals surface area contributed by atoms with Crippen LogP contribution in [0.5, 0.6) is 0 Å². The van der Waals surface area contributed by atoms with Gasteiger partial charge in [0.25, 0.3) is 0 Å². The van der Waals surface area contributed by atoms with E-state index in [1.54, 1.807) is 0 Å². The maximum absolute atomic E-state index is 12.1. The van der Waals surface area contributed by atoms with Gasteiger partial charge in [-0.15, -0.1) is 0 Å². The number of amides is 1. The molecule has 0 spiro atoms. The first kappa shape index (κ1) is 18.8. The number of piperidine rings is 1. The summed E-state index contributed by atoms with van der Waals surface area (Å²) >= 11 is 5.88. The van der Waals surface area contributed by atoms with Crippen LogP contribution in [0, 0.1) is 5.92 Å². The number of carbonyl (C=O) groups excluding carboxylic acids is 1. The Kier molecular flexibility index (Phi) is 6.56. The molecule has 1 N–H and O–H groups in total. The number of anilines is 1. The average Bonchev–Trinajstić information content (AvgIpc) is 2.66. The maximum Gasteiger partial charge on any atom is 0.220 e. The van der Waals surface area contributed by atoms with E-state index < -0.39 is 0 Å². The summed E-state index contributed by atoms with van der Waals surface area (Å²) in [6.07, 6.45) is 3.82. The monoisotopic (exact) mass is 370 g/mol. The van der Waals surface area contributed by atoms with Gasteiger partial charge in [0, 0.05) is 36.8 Å². The minimum absolute atomic E-state index is 0.0777. The van der Waals surface area contributed by atoms with E-state index in [2.05, 4.69) is 41.4 Å². The Balaban J connectivity index is 1.44. The molecule has 0 aliphatic carbocycles. The predicted octanol–water partition coefficient (Wildman–Crippen LogP) is 4.83. The van der Waals surface area contributed by atoms with Gasteiger partial charge in [-0.25, -0.2) is 0 Å². The molecule has 138 valence electrons. The zero-order chi connectivity index (χ0) is 18.4. The summed E-state index contributed by atoms with van der Waals surface area (Å²) < 4.78 is 0. The van der Waals surface area contributed by atoms with E-state index in [9.17, 15) is 4.79 Å². The first-order valence-electron chi connectivity index (χ1n) is 9.45. The summed E-state index contributed by atoms with van der Waals surface area (Å²) in [5, 5.41) is 3.73. The predicted molar refractivity (Wildman–Crippen MR) is 109 cm³/mol. The fraction of sp³-hybridized carbons (Fsp3) is 0.409. The second-order valence-electron chi connectivity index (χ2n) is 7.26. The molecule has 0 saturated carbocycles. The van der Waals surface area contributed by atoms with Crippen molar-refractivity contribution in [3.05, 3.63) is 64.7 Å². The molecule has 3 rings (SSSR count). The van der Waals surface area contributed by atoms with Crippen molar-refractivity contribution in [1.29, 1.82) is 0 Å². The van der Waals surface area contributed by atoms with E-state index in [4.69, 9.17) is 11.6 Å². The molecular formula is C22H27ClN2O. The molecule has 2 aromatic carbocycles. The molecule has 1 saturated heterocycles. The molecule has 4 heteroatoms. The topological polar surface area (TPSA) is 32.3 Å². The van der Waals surface area contributed by atoms with Gasteiger partial charge < -0.3 is 10.2 Å². The van der Waals surface area contributed by atoms with E-state index in [1.807, 2.05) is 24.3 Å². The smallest absolute Gasteiger partial charge is 0.220 e. The van der Waals surface area contributed by atoms with Gasteiger partial charge in [-0.1, -0.05) is 42.8 Å². The van der Waals surface area contributed by atoms with Crippen LogP contribution in [0.25, 0.3) is 0 Å². The van der Waals surface area contributed by atoms with Crippen LogP contribution in [0.15, 0.2) is 48.5 Å². The van der Waals surface area contributed by atoms with Crippen LogP contribution in [0.2, 0.25) is 5.02 Å². The lowest BCUT2D eigenvalue weighted by Gasteiger charge is -2.32. The van der Waals surface area contributed by atoms with Crippen LogP contribution < -0.4 is 10.2 Å². The highest BCUT2D eigenvalue weighted by Gasteiger charge is 2.16. The van der Waals surface area contributed by atoms with Crippen molar-refractivity contribution >= 4 is 23.2 Å². The third kappa shape index (κ3) is 5.50. The standard InChI is InChI=1S/C22H27ClN2O/c1-17-3-2-14-25(16-17)21-11-6-19(7-12-21)15-24-22(26)13-8-18-4-9-20(23)10-5-18/h4-7,9-12,17H,2-3,8,13-16H2,1H3,(H,24,26)/t17-/m1/s1. The number of nitrogens with one attached hydrogen (secondary N) is 1. The Bertz CT molecular complexity index is 712. The highest BCUT2D eigenvalue weighted by Crippen LogP contribution is 2.23. The largest absolute Gasteiger partial charge is 0.371 e. The average molecular weight is 371 g/mol. The van der Waals surface area contributed by atoms with E-state index >= 15 is 0 Å². The highest BCUT2D eigenvalue weighted by atomic mass is 35.5. The van der Waals surface area contributed by atoms with Gasteiger partial charge >= 0.3 is 0 Å². The molecule has 1 aliphatic rings. The molecule has 1 fully saturated rings. The van der Waals surface area contributed by atoms with Crippen molar-refractivity contribution in [2.75, 3.05) is 18.0 Å². The molecule has 0 aromatic heterocycles. The van der Waals surface area contributed by atoms with Crippen molar-refractivity contribution in [2.45, 2.75) is 39.2 Å². The number of hydrogen-bond donors (Lipinski definition) is 1. The second-order valence-corrected chi connectivity index (χ2v) is 7.70. The second kappa shape index (κ2) is 9.09. The molecular weight excluding hydrogens is 344 g/mol. The molecule has 1 atom stereocenters. The molecule has 26 heavy (non-hydrogen) atoms. The number of halogens is 1. The highest BCUT2D eigenvalue weighted by molar-refractivity contribution is 6.30. The zero-order valence-corrected chi connectivity index (χ0v) is 16.1. The summed E-state index contributed by atoms with van der Waals surface area (Å²) in [6.45, 7) is 5.18. The van der Waals surface area contributed by atoms with Crippen LogP contribution in [0.4, 0.5) is 5.69 Å². The van der Waals surface area contributed by atoms with E-state index in [-0.39, 0.29) is 5.91 Å². The van der Waals surface area contributed by atoms with Gasteiger partial charge in [0.2, 0.25) is 5.91 Å². The normalized spacial score (nSPS) is 17.2. The fourth-order valence-electron chi connectivity index (χ4n) is 3.45. The Morgan fingerprint density at radius 1 is 1.12 bits per heavy atom. The zero-order valence-electron chi connectivity index (χ0n) is 15.4. The number of nitrogens with zero attached hydrogens (tertiary/aromatic N) is 1. The summed E-state index contributed by atoms with van der Waals surface area (Å²) in [6, 6.07) is 16.2. The first-order valence-corrected chi connectivity index (χ1v) is 9.83. The number of aryl methyl sites for hydroxylation is 1. The van der Waals surface area contributed by atoms with Gasteiger partial charge in [-0.05, 0) is 60.6 Å². The number of hydrogen-bond acceptors (Lipinski definition) is 2. The van der Waals surface area contributed by atoms with Crippen molar-refractivity contribution in [3.63, 3.8) is 0 Å². The van der Waals surface area contributed by atoms with E-state index in [0.717, 1.165) is 41.6 Å². The Hall–Kier alpha value is -2.00. The maximum atomic E-state index is 12.1. The molecule has 0 bridgehead atoms. The molecule has 0 radical (unpaired) electrons. The third-order valence-corrected chi connectivity index (χ3v) is 5.25. The number of carbonyl (C=O) groups is 1. The minimum Gasteiger partial charge on any atom is -0.371 e. The van der Waals surface area contributed by atoms with Crippen LogP contribution in [0.3, 0.4) is 0 Å². The fourth-order valence-corrected chi connectivity index (χ4v) is 3.57. The lowest BCUT2D eigenvalue weighted by atomic mass is 9.99. The lowest BCUT2D eigenvalue weighted by molar-refractivity contribution is -0.121. The van der Waals surface area contributed by atoms with Gasteiger partial charge in [-0.3, -0.25) is 4.79 Å². The van der Waals surface area contributed by atoms with Gasteiger partial charge in [0.1, 0.15) is 0 Å². The molecule has 0 unspecified atom stereocenters. The summed E-state index contributed by atoms with van der Waals surface area (Å²) in [5.74, 6) is 0.845. The molecule has 1 amide bonds. The third-order valence-electron chi connectivity index (χ3n) is 5.00. The SMILES string of the molecule is C[C@@H]1CCCN(c2ccc(CNC(=O)CCc3ccc(Cl)cc3)cc2)C1. The molecule has 1 heterocycles. The van der Waals surface area contributed by atoms with Crippen LogP contribution in [-0.2, 0) is 17.8 Å². The summed E-state index contributed by atoms with van der Waals surface area (Å²) in [5.41, 5.74) is 3.55. The Morgan fingerprint density at radius 3 is 2.50 bits per heavy atom. The summed E-state index contributed by atoms with van der Waals surface area (Å²) in [7, 11) is 0. The molecule has 3 nitrogen and oxygen atoms in total. The van der Waals surface area contributed by atoms with Crippen LogP contribution in [-0.4, -0.2) is 19.0 Å². The Labute approximate surface area is 161 Å². The van der Waals surface area contributed by atoms with Crippen molar-refractivity contribution in [1.82, 2.24) is 5.32 Å². The van der Waals surface area contributed by atoms with Crippen LogP contribution in [0.1, 0.15) is 37.3 Å². The number of rotatable bonds is 6. The molecule has 1 aliphatic heterocycles. The van der Waals surface area contributed by atoms with Gasteiger partial charge in [-0.2, -0.15) is 0 Å². The van der Waals surface area contributed by atoms with Gasteiger partial charge in [0.05, 0.1) is 0 Å². The van der Waals surface area contributed by atoms with Crippen molar-refractivity contribution in [3.8, 4) is 0 Å². The quantitative estimate of drug-likeness (QED) is 0.790. The van der Waals surface area contributed by atoms with Crippen molar-refractivity contribution in [2.24, 2.45) is 5.92 Å². The Morgan fingerprint density at radius 2 is 1.81 bits per heavy atom. The lowest BCUT2D eigenvalue weighted by Crippen LogP contribution is -2.34. The van der Waals surface area contributed by atoms with Crippen LogP contribution >= 0.6 is 11.6 Å². The van der Waals surface area contributed by atoms with E-state index in [1.165, 1.54) is 18.5 Å².